The van der Waals surface area contributed by atoms with Crippen LogP contribution in [0.1, 0.15) is 17.3 Å². The number of nitrogens with one attached hydrogen (secondary N) is 1. The van der Waals surface area contributed by atoms with Gasteiger partial charge in [-0.1, -0.05) is 30.3 Å². The second-order valence-corrected chi connectivity index (χ2v) is 6.49. The molecule has 0 saturated heterocycles. The molecular weight excluding hydrogens is 306 g/mol. The van der Waals surface area contributed by atoms with Gasteiger partial charge in [0.15, 0.2) is 0 Å². The van der Waals surface area contributed by atoms with Gasteiger partial charge in [0.2, 0.25) is 0 Å². The number of aromatic nitrogens is 1. The van der Waals surface area contributed by atoms with E-state index >= 15 is 0 Å². The molecule has 0 aliphatic carbocycles. The second-order valence-electron chi connectivity index (χ2n) is 5.54. The number of nitrogens with zero attached hydrogens (tertiary/aromatic N) is 2. The third-order valence-electron chi connectivity index (χ3n) is 4.17. The number of urea groups is 1. The molecular formula is C18H17N3OS. The number of hydrogen-bond donors (Lipinski definition) is 1. The van der Waals surface area contributed by atoms with Crippen molar-refractivity contribution in [3.05, 3.63) is 77.4 Å². The fraction of sp³-hybridized carbons (Fsp3) is 0.167. The van der Waals surface area contributed by atoms with Gasteiger partial charge in [0.05, 0.1) is 11.0 Å². The third kappa shape index (κ3) is 2.64. The molecule has 3 aromatic rings. The van der Waals surface area contributed by atoms with Crippen molar-refractivity contribution in [1.29, 1.82) is 0 Å². The highest BCUT2D eigenvalue weighted by molar-refractivity contribution is 7.14. The van der Waals surface area contributed by atoms with Crippen LogP contribution in [-0.2, 0) is 6.54 Å². The summed E-state index contributed by atoms with van der Waals surface area (Å²) < 4.78 is 2.23. The number of amides is 2. The summed E-state index contributed by atoms with van der Waals surface area (Å²) in [6.07, 6.45) is 2.08. The van der Waals surface area contributed by atoms with E-state index in [0.717, 1.165) is 22.8 Å². The molecule has 0 saturated carbocycles. The maximum atomic E-state index is 12.8. The molecule has 4 rings (SSSR count). The molecule has 2 amide bonds. The highest BCUT2D eigenvalue weighted by Gasteiger charge is 2.32. The zero-order valence-corrected chi connectivity index (χ0v) is 13.4. The molecule has 1 atom stereocenters. The van der Waals surface area contributed by atoms with Crippen LogP contribution < -0.4 is 5.32 Å². The first kappa shape index (κ1) is 14.1. The maximum absolute atomic E-state index is 12.8. The molecule has 1 N–H and O–H groups in total. The Labute approximate surface area is 139 Å². The molecule has 23 heavy (non-hydrogen) atoms. The molecule has 0 unspecified atom stereocenters. The predicted molar refractivity (Wildman–Crippen MR) is 92.8 cm³/mol. The minimum atomic E-state index is -0.0556. The van der Waals surface area contributed by atoms with Gasteiger partial charge < -0.3 is 9.47 Å². The molecule has 1 aliphatic heterocycles. The summed E-state index contributed by atoms with van der Waals surface area (Å²) in [7, 11) is 0. The van der Waals surface area contributed by atoms with Crippen molar-refractivity contribution < 1.29 is 4.79 Å². The topological polar surface area (TPSA) is 37.3 Å². The van der Waals surface area contributed by atoms with Gasteiger partial charge >= 0.3 is 6.03 Å². The van der Waals surface area contributed by atoms with Crippen LogP contribution in [0.15, 0.2) is 66.2 Å². The first-order chi connectivity index (χ1) is 11.3. The summed E-state index contributed by atoms with van der Waals surface area (Å²) >= 11 is 1.54. The lowest BCUT2D eigenvalue weighted by molar-refractivity contribution is 0.182. The summed E-state index contributed by atoms with van der Waals surface area (Å²) in [4.78, 5) is 14.7. The SMILES string of the molecule is O=C(Nc1cccs1)N1CCn2cccc2[C@@H]1c1ccccc1. The molecule has 5 heteroatoms. The van der Waals surface area contributed by atoms with Crippen molar-refractivity contribution in [3.8, 4) is 0 Å². The zero-order valence-electron chi connectivity index (χ0n) is 12.6. The van der Waals surface area contributed by atoms with Gasteiger partial charge in [0.1, 0.15) is 0 Å². The Morgan fingerprint density at radius 2 is 1.91 bits per heavy atom. The highest BCUT2D eigenvalue weighted by Crippen LogP contribution is 2.33. The lowest BCUT2D eigenvalue weighted by atomic mass is 10.0. The van der Waals surface area contributed by atoms with Crippen molar-refractivity contribution in [3.63, 3.8) is 0 Å². The summed E-state index contributed by atoms with van der Waals surface area (Å²) in [5.41, 5.74) is 2.29. The van der Waals surface area contributed by atoms with Crippen molar-refractivity contribution >= 4 is 22.4 Å². The van der Waals surface area contributed by atoms with Gasteiger partial charge in [0, 0.05) is 25.0 Å². The zero-order chi connectivity index (χ0) is 15.6. The van der Waals surface area contributed by atoms with Crippen molar-refractivity contribution in [2.24, 2.45) is 0 Å². The lowest BCUT2D eigenvalue weighted by Crippen LogP contribution is -2.44. The number of benzene rings is 1. The minimum absolute atomic E-state index is 0.0475. The Morgan fingerprint density at radius 1 is 1.04 bits per heavy atom. The van der Waals surface area contributed by atoms with Crippen LogP contribution in [0.25, 0.3) is 0 Å². The van der Waals surface area contributed by atoms with Gasteiger partial charge in [-0.2, -0.15) is 0 Å². The number of thiophene rings is 1. The fourth-order valence-electron chi connectivity index (χ4n) is 3.12. The Balaban J connectivity index is 1.69. The van der Waals surface area contributed by atoms with Gasteiger partial charge in [-0.15, -0.1) is 11.3 Å². The number of fused-ring (bicyclic) bond motifs is 1. The van der Waals surface area contributed by atoms with Crippen LogP contribution in [0.4, 0.5) is 9.80 Å². The smallest absolute Gasteiger partial charge is 0.323 e. The molecule has 0 fully saturated rings. The Morgan fingerprint density at radius 3 is 2.70 bits per heavy atom. The summed E-state index contributed by atoms with van der Waals surface area (Å²) in [6.45, 7) is 1.52. The van der Waals surface area contributed by atoms with Crippen LogP contribution in [-0.4, -0.2) is 22.0 Å². The monoisotopic (exact) mass is 323 g/mol. The lowest BCUT2D eigenvalue weighted by Gasteiger charge is -2.37. The fourth-order valence-corrected chi connectivity index (χ4v) is 3.72. The van der Waals surface area contributed by atoms with Crippen molar-refractivity contribution in [1.82, 2.24) is 9.47 Å². The molecule has 0 bridgehead atoms. The van der Waals surface area contributed by atoms with Crippen LogP contribution in [0.5, 0.6) is 0 Å². The third-order valence-corrected chi connectivity index (χ3v) is 4.95. The van der Waals surface area contributed by atoms with Gasteiger partial charge in [0.25, 0.3) is 0 Å². The molecule has 4 nitrogen and oxygen atoms in total. The number of anilines is 1. The van der Waals surface area contributed by atoms with Gasteiger partial charge in [-0.3, -0.25) is 5.32 Å². The molecule has 0 spiro atoms. The van der Waals surface area contributed by atoms with E-state index in [9.17, 15) is 4.79 Å². The second kappa shape index (κ2) is 5.93. The summed E-state index contributed by atoms with van der Waals surface area (Å²) in [6, 6.07) is 18.1. The van der Waals surface area contributed by atoms with Crippen molar-refractivity contribution in [2.75, 3.05) is 11.9 Å². The van der Waals surface area contributed by atoms with Crippen LogP contribution in [0.2, 0.25) is 0 Å². The number of rotatable bonds is 2. The van der Waals surface area contributed by atoms with E-state index in [1.807, 2.05) is 46.7 Å². The normalized spacial score (nSPS) is 16.9. The van der Waals surface area contributed by atoms with E-state index in [1.165, 1.54) is 11.3 Å². The number of carbonyl (C=O) groups is 1. The minimum Gasteiger partial charge on any atom is -0.348 e. The molecule has 2 aromatic heterocycles. The van der Waals surface area contributed by atoms with Crippen LogP contribution in [0.3, 0.4) is 0 Å². The van der Waals surface area contributed by atoms with Gasteiger partial charge in [-0.05, 0) is 35.2 Å². The largest absolute Gasteiger partial charge is 0.348 e. The molecule has 1 aromatic carbocycles. The number of hydrogen-bond acceptors (Lipinski definition) is 2. The quantitative estimate of drug-likeness (QED) is 0.754. The maximum Gasteiger partial charge on any atom is 0.323 e. The Bertz CT molecular complexity index is 795. The van der Waals surface area contributed by atoms with E-state index in [4.69, 9.17) is 0 Å². The van der Waals surface area contributed by atoms with E-state index in [2.05, 4.69) is 34.3 Å². The number of carbonyl (C=O) groups excluding carboxylic acids is 1. The van der Waals surface area contributed by atoms with Crippen LogP contribution in [0, 0.1) is 0 Å². The highest BCUT2D eigenvalue weighted by atomic mass is 32.1. The van der Waals surface area contributed by atoms with E-state index in [-0.39, 0.29) is 12.1 Å². The predicted octanol–water partition coefficient (Wildman–Crippen LogP) is 4.19. The summed E-state index contributed by atoms with van der Waals surface area (Å²) in [5.74, 6) is 0. The molecule has 0 radical (unpaired) electrons. The van der Waals surface area contributed by atoms with Crippen LogP contribution >= 0.6 is 11.3 Å². The first-order valence-corrected chi connectivity index (χ1v) is 8.52. The molecule has 3 heterocycles. The Kier molecular flexibility index (Phi) is 3.63. The Hall–Kier alpha value is -2.53. The first-order valence-electron chi connectivity index (χ1n) is 7.64. The van der Waals surface area contributed by atoms with Gasteiger partial charge in [-0.25, -0.2) is 4.79 Å². The van der Waals surface area contributed by atoms with E-state index < -0.39 is 0 Å². The summed E-state index contributed by atoms with van der Waals surface area (Å²) in [5, 5.41) is 5.85. The molecule has 1 aliphatic rings. The standard InChI is InChI=1S/C18H17N3OS/c22-18(19-16-9-5-13-23-16)21-12-11-20-10-4-8-15(20)17(21)14-6-2-1-3-7-14/h1-10,13,17H,11-12H2,(H,19,22)/t17-/m0/s1. The van der Waals surface area contributed by atoms with E-state index in [1.54, 1.807) is 0 Å². The van der Waals surface area contributed by atoms with E-state index in [0.29, 0.717) is 6.54 Å². The average Bonchev–Trinajstić information content (AvgIpc) is 3.25. The van der Waals surface area contributed by atoms with Crippen molar-refractivity contribution in [2.45, 2.75) is 12.6 Å². The average molecular weight is 323 g/mol. The molecule has 116 valence electrons.